The normalized spacial score (nSPS) is 33.5. The van der Waals surface area contributed by atoms with Crippen molar-refractivity contribution in [3.63, 3.8) is 0 Å². The van der Waals surface area contributed by atoms with Crippen LogP contribution in [0.1, 0.15) is 27.2 Å². The van der Waals surface area contributed by atoms with E-state index in [2.05, 4.69) is 30.5 Å². The molecule has 0 aromatic rings. The first-order valence-electron chi connectivity index (χ1n) is 5.61. The van der Waals surface area contributed by atoms with Crippen LogP contribution in [0.25, 0.3) is 0 Å². The third kappa shape index (κ3) is 4.40. The quantitative estimate of drug-likeness (QED) is 0.406. The molecule has 5 nitrogen and oxygen atoms in total. The third-order valence-electron chi connectivity index (χ3n) is 2.89. The molecule has 1 fully saturated rings. The molecule has 0 bridgehead atoms. The van der Waals surface area contributed by atoms with Crippen molar-refractivity contribution < 1.29 is 9.59 Å². The van der Waals surface area contributed by atoms with Crippen molar-refractivity contribution >= 4 is 23.2 Å². The zero-order valence-electron chi connectivity index (χ0n) is 10.6. The molecule has 0 aromatic carbocycles. The Labute approximate surface area is 105 Å². The van der Waals surface area contributed by atoms with Crippen LogP contribution in [-0.2, 0) is 4.79 Å². The van der Waals surface area contributed by atoms with Crippen LogP contribution in [0.5, 0.6) is 0 Å². The van der Waals surface area contributed by atoms with Crippen LogP contribution in [0, 0.1) is 10.8 Å². The van der Waals surface area contributed by atoms with E-state index in [-0.39, 0.29) is 10.8 Å². The van der Waals surface area contributed by atoms with Gasteiger partial charge in [0, 0.05) is 0 Å². The van der Waals surface area contributed by atoms with Crippen molar-refractivity contribution in [2.24, 2.45) is 21.6 Å². The minimum atomic E-state index is -0.618. The van der Waals surface area contributed by atoms with Gasteiger partial charge in [0.1, 0.15) is 0 Å². The molecule has 2 unspecified atom stereocenters. The van der Waals surface area contributed by atoms with Gasteiger partial charge in [-0.05, 0) is 28.8 Å². The Hall–Kier alpha value is -1.00. The lowest BCUT2D eigenvalue weighted by Gasteiger charge is -2.47. The highest BCUT2D eigenvalue weighted by atomic mass is 32.2. The number of isocyanates is 1. The predicted molar refractivity (Wildman–Crippen MR) is 70.9 cm³/mol. The largest absolute Gasteiger partial charge is 0.351 e. The van der Waals surface area contributed by atoms with Gasteiger partial charge in [0.05, 0.1) is 6.54 Å². The van der Waals surface area contributed by atoms with Gasteiger partial charge >= 0.3 is 6.03 Å². The number of thiol groups is 1. The Morgan fingerprint density at radius 1 is 1.47 bits per heavy atom. The molecular formula is C11H21N3O2S. The number of carbonyl (C=O) groups excluding carboxylic acids is 2. The number of nitrogens with two attached hydrogens (primary N) is 1. The second-order valence-electron chi connectivity index (χ2n) is 5.89. The van der Waals surface area contributed by atoms with Crippen molar-refractivity contribution in [2.45, 2.75) is 27.2 Å². The molecule has 0 aromatic heterocycles. The molecule has 17 heavy (non-hydrogen) atoms. The summed E-state index contributed by atoms with van der Waals surface area (Å²) in [6.07, 6.45) is 2.58. The zero-order chi connectivity index (χ0) is 13.1. The number of nitrogens with zero attached hydrogens (tertiary/aromatic N) is 1. The number of hydrogen-bond acceptors (Lipinski definition) is 3. The first-order chi connectivity index (χ1) is 7.76. The number of nitrogens with one attached hydrogen (secondary N) is 1. The van der Waals surface area contributed by atoms with Gasteiger partial charge in [-0.25, -0.2) is 14.6 Å². The maximum absolute atomic E-state index is 10.9. The van der Waals surface area contributed by atoms with Crippen molar-refractivity contribution in [3.05, 3.63) is 0 Å². The van der Waals surface area contributed by atoms with E-state index in [0.29, 0.717) is 6.54 Å². The molecule has 1 aliphatic heterocycles. The molecule has 0 saturated carbocycles. The topological polar surface area (TPSA) is 84.5 Å². The van der Waals surface area contributed by atoms with Crippen molar-refractivity contribution in [1.82, 2.24) is 4.72 Å². The summed E-state index contributed by atoms with van der Waals surface area (Å²) in [5, 5.41) is 0. The van der Waals surface area contributed by atoms with E-state index in [1.807, 2.05) is 0 Å². The Bertz CT molecular complexity index is 353. The molecule has 1 saturated heterocycles. The summed E-state index contributed by atoms with van der Waals surface area (Å²) >= 11 is -0.618. The van der Waals surface area contributed by atoms with Gasteiger partial charge in [0.15, 0.2) is 0 Å². The second kappa shape index (κ2) is 5.10. The third-order valence-corrected chi connectivity index (χ3v) is 5.81. The molecule has 1 aliphatic rings. The molecule has 1 rings (SSSR count). The van der Waals surface area contributed by atoms with Crippen LogP contribution in [0.4, 0.5) is 4.79 Å². The molecule has 6 heteroatoms. The van der Waals surface area contributed by atoms with Crippen LogP contribution in [0.15, 0.2) is 4.99 Å². The Morgan fingerprint density at radius 3 is 2.65 bits per heavy atom. The fourth-order valence-electron chi connectivity index (χ4n) is 2.86. The first kappa shape index (κ1) is 14.1. The summed E-state index contributed by atoms with van der Waals surface area (Å²) in [4.78, 5) is 24.9. The maximum atomic E-state index is 10.9. The lowest BCUT2D eigenvalue weighted by Crippen LogP contribution is -2.44. The van der Waals surface area contributed by atoms with Gasteiger partial charge in [-0.2, -0.15) is 11.1 Å². The van der Waals surface area contributed by atoms with Gasteiger partial charge in [-0.15, -0.1) is 0 Å². The van der Waals surface area contributed by atoms with Crippen LogP contribution in [0.3, 0.4) is 0 Å². The van der Waals surface area contributed by atoms with E-state index in [1.165, 1.54) is 0 Å². The summed E-state index contributed by atoms with van der Waals surface area (Å²) in [5.74, 6) is 1.82. The fraction of sp³-hybridized carbons (Fsp3) is 0.818. The van der Waals surface area contributed by atoms with E-state index in [0.717, 1.165) is 17.9 Å². The number of hydrogen-bond donors (Lipinski definition) is 3. The van der Waals surface area contributed by atoms with Gasteiger partial charge < -0.3 is 10.5 Å². The molecular weight excluding hydrogens is 238 g/mol. The average Bonchev–Trinajstić information content (AvgIpc) is 2.10. The summed E-state index contributed by atoms with van der Waals surface area (Å²) in [5.41, 5.74) is 5.27. The minimum absolute atomic E-state index is 0.0483. The highest BCUT2D eigenvalue weighted by molar-refractivity contribution is 8.15. The van der Waals surface area contributed by atoms with E-state index >= 15 is 0 Å². The van der Waals surface area contributed by atoms with E-state index in [9.17, 15) is 9.59 Å². The van der Waals surface area contributed by atoms with Crippen LogP contribution in [-0.4, -0.2) is 30.2 Å². The molecule has 1 heterocycles. The Balaban J connectivity index is 2.79. The molecule has 0 radical (unpaired) electrons. The van der Waals surface area contributed by atoms with Crippen LogP contribution < -0.4 is 10.5 Å². The number of amides is 2. The number of primary amides is 1. The summed E-state index contributed by atoms with van der Waals surface area (Å²) in [6, 6.07) is -0.463. The Kier molecular flexibility index (Phi) is 4.22. The van der Waals surface area contributed by atoms with Gasteiger partial charge in [-0.3, -0.25) is 0 Å². The molecule has 2 amide bonds. The maximum Gasteiger partial charge on any atom is 0.320 e. The minimum Gasteiger partial charge on any atom is -0.351 e. The summed E-state index contributed by atoms with van der Waals surface area (Å²) in [7, 11) is 0. The standard InChI is InChI=1S/C11H21N3O2S/c1-10(2)4-11(3,5-13-8-15)7-17(6-10)14-9(12)16/h17H,4-7H2,1-3H3,(H3,12,14,16). The summed E-state index contributed by atoms with van der Waals surface area (Å²) < 4.78 is 2.83. The SMILES string of the molecule is CC1(C)C[SH](NC(N)=O)CC(C)(CN=C=O)C1. The van der Waals surface area contributed by atoms with Crippen LogP contribution >= 0.6 is 11.1 Å². The smallest absolute Gasteiger partial charge is 0.320 e. The number of urea groups is 1. The highest BCUT2D eigenvalue weighted by Gasteiger charge is 2.40. The van der Waals surface area contributed by atoms with Gasteiger partial charge in [-0.1, -0.05) is 20.8 Å². The number of carbonyl (C=O) groups is 1. The number of aliphatic imine (C=N–C) groups is 1. The fourth-order valence-corrected chi connectivity index (χ4v) is 5.72. The van der Waals surface area contributed by atoms with E-state index in [4.69, 9.17) is 5.73 Å². The second-order valence-corrected chi connectivity index (χ2v) is 7.83. The zero-order valence-corrected chi connectivity index (χ0v) is 11.5. The molecule has 0 spiro atoms. The van der Waals surface area contributed by atoms with Gasteiger partial charge in [0.2, 0.25) is 6.08 Å². The average molecular weight is 259 g/mol. The summed E-state index contributed by atoms with van der Waals surface area (Å²) in [6.45, 7) is 6.92. The van der Waals surface area contributed by atoms with Crippen molar-refractivity contribution in [1.29, 1.82) is 0 Å². The van der Waals surface area contributed by atoms with E-state index in [1.54, 1.807) is 6.08 Å². The van der Waals surface area contributed by atoms with E-state index < -0.39 is 17.1 Å². The Morgan fingerprint density at radius 2 is 2.12 bits per heavy atom. The monoisotopic (exact) mass is 259 g/mol. The highest BCUT2D eigenvalue weighted by Crippen LogP contribution is 2.49. The lowest BCUT2D eigenvalue weighted by molar-refractivity contribution is 0.215. The molecule has 0 aliphatic carbocycles. The molecule has 2 atom stereocenters. The first-order valence-corrected chi connectivity index (χ1v) is 7.32. The predicted octanol–water partition coefficient (Wildman–Crippen LogP) is 1.34. The van der Waals surface area contributed by atoms with Crippen molar-refractivity contribution in [3.8, 4) is 0 Å². The molecule has 98 valence electrons. The number of rotatable bonds is 3. The molecule has 3 N–H and O–H groups in total. The lowest BCUT2D eigenvalue weighted by atomic mass is 9.75. The van der Waals surface area contributed by atoms with Crippen LogP contribution in [0.2, 0.25) is 0 Å². The van der Waals surface area contributed by atoms with Gasteiger partial charge in [0.25, 0.3) is 0 Å². The van der Waals surface area contributed by atoms with Crippen molar-refractivity contribution in [2.75, 3.05) is 18.1 Å².